The minimum atomic E-state index is -6.35. The van der Waals surface area contributed by atoms with Crippen molar-refractivity contribution in [2.75, 3.05) is 45.0 Å². The number of aromatic amines is 2. The number of alkyl halides is 3. The summed E-state index contributed by atoms with van der Waals surface area (Å²) in [5.41, 5.74) is 8.49. The molecule has 3 aliphatic heterocycles. The second-order valence-corrected chi connectivity index (χ2v) is 22.7. The van der Waals surface area contributed by atoms with Crippen molar-refractivity contribution in [1.82, 2.24) is 43.6 Å². The number of H-pyrrole nitrogens is 2. The van der Waals surface area contributed by atoms with E-state index in [1.807, 2.05) is 4.98 Å². The average Bonchev–Trinajstić information content (AvgIpc) is 4.11. The Bertz CT molecular complexity index is 3380. The van der Waals surface area contributed by atoms with Crippen LogP contribution in [0.15, 0.2) is 45.6 Å². The highest BCUT2D eigenvalue weighted by Gasteiger charge is 2.54. The van der Waals surface area contributed by atoms with Crippen LogP contribution in [0.3, 0.4) is 0 Å². The predicted molar refractivity (Wildman–Crippen MR) is 237 cm³/mol. The van der Waals surface area contributed by atoms with E-state index in [0.29, 0.717) is 4.57 Å². The summed E-state index contributed by atoms with van der Waals surface area (Å²) in [4.78, 5) is 98.9. The SMILES string of the molecule is CO[C@@H]1[C@H](OP(=O)(O)OC[C@H]2O[C@@H](n3ccc(=O)[nH]c3=O)[C@H](O)[C@@H]2O)[C@@H](COP(=O)(O)OP(=O)(O)OP(=O)(O)OC[C@H]2O[C@@H](n3c[n+](C)c4c(=O)[nH]c(N)nc43)[C@H](O)[C@@H]2COC(F)(F)F)O[C@H]1n1cnc2c(N)ncnc21. The number of aryl methyl sites for hydroxylation is 1. The zero-order valence-corrected chi connectivity index (χ0v) is 42.4. The first kappa shape index (κ1) is 58.3. The van der Waals surface area contributed by atoms with Gasteiger partial charge in [0.15, 0.2) is 23.9 Å². The molecule has 0 aliphatic carbocycles. The number of hydrogen-bond acceptors (Lipinski definition) is 27. The summed E-state index contributed by atoms with van der Waals surface area (Å²) in [7, 11) is -21.6. The Morgan fingerprint density at radius 3 is 2.00 bits per heavy atom. The smallest absolute Gasteiger partial charge is 0.387 e. The molecule has 0 amide bonds. The van der Waals surface area contributed by atoms with Crippen LogP contribution in [0.1, 0.15) is 18.7 Å². The number of aromatic nitrogens is 10. The number of anilines is 2. The van der Waals surface area contributed by atoms with Gasteiger partial charge in [-0.2, -0.15) is 18.2 Å². The largest absolute Gasteiger partial charge is 0.522 e. The quantitative estimate of drug-likeness (QED) is 0.0256. The molecule has 3 saturated heterocycles. The first-order valence-corrected chi connectivity index (χ1v) is 27.5. The van der Waals surface area contributed by atoms with Gasteiger partial charge in [-0.1, -0.05) is 0 Å². The van der Waals surface area contributed by atoms with Crippen LogP contribution in [0.2, 0.25) is 0 Å². The molecule has 77 heavy (non-hydrogen) atoms. The van der Waals surface area contributed by atoms with Crippen molar-refractivity contribution in [3.63, 3.8) is 0 Å². The summed E-state index contributed by atoms with van der Waals surface area (Å²) in [6.07, 6.45) is -20.7. The minimum Gasteiger partial charge on any atom is -0.387 e. The van der Waals surface area contributed by atoms with Crippen LogP contribution >= 0.6 is 31.3 Å². The summed E-state index contributed by atoms with van der Waals surface area (Å²) < 4.78 is 151. The molecule has 5 aromatic rings. The minimum absolute atomic E-state index is 0.00580. The number of nitrogen functional groups attached to an aromatic ring is 2. The van der Waals surface area contributed by atoms with Gasteiger partial charge >= 0.3 is 48.9 Å². The summed E-state index contributed by atoms with van der Waals surface area (Å²) in [6, 6.07) is 0.902. The monoisotopic (exact) mass is 1190 g/mol. The van der Waals surface area contributed by atoms with Crippen molar-refractivity contribution in [2.24, 2.45) is 13.0 Å². The lowest BCUT2D eigenvalue weighted by molar-refractivity contribution is -0.646. The molecule has 16 atom stereocenters. The van der Waals surface area contributed by atoms with E-state index in [0.717, 1.165) is 47.5 Å². The number of hydrogen-bond donors (Lipinski definition) is 11. The zero-order valence-electron chi connectivity index (χ0n) is 38.8. The second kappa shape index (κ2) is 22.0. The van der Waals surface area contributed by atoms with Crippen LogP contribution in [0, 0.1) is 5.92 Å². The number of methoxy groups -OCH3 is 1. The van der Waals surface area contributed by atoms with Crippen LogP contribution in [-0.2, 0) is 75.7 Å². The van der Waals surface area contributed by atoms with Crippen molar-refractivity contribution >= 4 is 65.4 Å². The first-order valence-electron chi connectivity index (χ1n) is 21.5. The van der Waals surface area contributed by atoms with Crippen molar-refractivity contribution in [1.29, 1.82) is 0 Å². The highest BCUT2D eigenvalue weighted by atomic mass is 31.3. The Labute approximate surface area is 424 Å². The predicted octanol–water partition coefficient (Wildman–Crippen LogP) is -3.08. The molecule has 0 saturated carbocycles. The van der Waals surface area contributed by atoms with Crippen molar-refractivity contribution < 1.29 is 121 Å². The van der Waals surface area contributed by atoms with Gasteiger partial charge in [-0.3, -0.25) is 51.5 Å². The first-order chi connectivity index (χ1) is 35.9. The molecule has 5 aromatic heterocycles. The number of rotatable bonds is 21. The third kappa shape index (κ3) is 12.9. The molecule has 0 radical (unpaired) electrons. The van der Waals surface area contributed by atoms with Gasteiger partial charge < -0.3 is 65.3 Å². The van der Waals surface area contributed by atoms with E-state index in [1.54, 1.807) is 0 Å². The Morgan fingerprint density at radius 1 is 0.740 bits per heavy atom. The number of fused-ring (bicyclic) bond motifs is 2. The van der Waals surface area contributed by atoms with E-state index >= 15 is 0 Å². The zero-order chi connectivity index (χ0) is 56.3. The van der Waals surface area contributed by atoms with Gasteiger partial charge in [0, 0.05) is 25.3 Å². The van der Waals surface area contributed by atoms with Gasteiger partial charge in [0.2, 0.25) is 18.5 Å². The summed E-state index contributed by atoms with van der Waals surface area (Å²) in [5.74, 6) is -2.33. The normalized spacial score (nSPS) is 30.1. The van der Waals surface area contributed by atoms with Crippen LogP contribution in [-0.4, -0.2) is 167 Å². The lowest BCUT2D eigenvalue weighted by Crippen LogP contribution is -2.38. The molecule has 0 aromatic carbocycles. The number of aliphatic hydroxyl groups is 3. The number of nitrogens with one attached hydrogen (secondary N) is 2. The van der Waals surface area contributed by atoms with Crippen LogP contribution in [0.4, 0.5) is 24.9 Å². The van der Waals surface area contributed by atoms with E-state index in [-0.39, 0.29) is 28.1 Å². The summed E-state index contributed by atoms with van der Waals surface area (Å²) in [5, 5.41) is 32.4. The van der Waals surface area contributed by atoms with E-state index < -0.39 is 160 Å². The van der Waals surface area contributed by atoms with Gasteiger partial charge in [0.1, 0.15) is 54.6 Å². The maximum atomic E-state index is 13.6. The third-order valence-electron chi connectivity index (χ3n) is 11.6. The molecule has 4 unspecified atom stereocenters. The molecule has 3 aliphatic rings. The molecule has 37 nitrogen and oxygen atoms in total. The van der Waals surface area contributed by atoms with E-state index in [1.165, 1.54) is 11.6 Å². The molecule has 8 rings (SSSR count). The van der Waals surface area contributed by atoms with Gasteiger partial charge in [-0.15, -0.1) is 13.2 Å². The van der Waals surface area contributed by atoms with E-state index in [2.05, 4.69) is 42.8 Å². The summed E-state index contributed by atoms with van der Waals surface area (Å²) >= 11 is 0. The number of nitrogens with zero attached hydrogens (tertiary/aromatic N) is 8. The molecule has 13 N–H and O–H groups in total. The fraction of sp³-hybridized carbons (Fsp3) is 0.576. The number of ether oxygens (including phenoxy) is 5. The van der Waals surface area contributed by atoms with Crippen molar-refractivity contribution in [2.45, 2.75) is 73.9 Å². The van der Waals surface area contributed by atoms with Gasteiger partial charge in [-0.05, 0) is 0 Å². The molecule has 3 fully saturated rings. The van der Waals surface area contributed by atoms with Gasteiger partial charge in [0.25, 0.3) is 16.7 Å². The molecule has 8 heterocycles. The van der Waals surface area contributed by atoms with Gasteiger partial charge in [-0.25, -0.2) is 42.6 Å². The second-order valence-electron chi connectivity index (χ2n) is 16.6. The molecule has 44 heteroatoms. The lowest BCUT2D eigenvalue weighted by Gasteiger charge is -2.26. The van der Waals surface area contributed by atoms with Crippen molar-refractivity contribution in [3.05, 3.63) is 62.4 Å². The molecular weight excluding hydrogens is 1150 g/mol. The van der Waals surface area contributed by atoms with Gasteiger partial charge in [0.05, 0.1) is 45.9 Å². The van der Waals surface area contributed by atoms with Crippen LogP contribution in [0.25, 0.3) is 22.3 Å². The Morgan fingerprint density at radius 2 is 1.35 bits per heavy atom. The highest BCUT2D eigenvalue weighted by Crippen LogP contribution is 2.68. The van der Waals surface area contributed by atoms with Crippen LogP contribution < -0.4 is 32.8 Å². The topological polar surface area (TPSA) is 516 Å². The Kier molecular flexibility index (Phi) is 16.7. The molecular formula is C33H44F3N12O25P4+. The molecule has 426 valence electrons. The Hall–Kier alpha value is -4.83. The van der Waals surface area contributed by atoms with E-state index in [4.69, 9.17) is 44.0 Å². The highest BCUT2D eigenvalue weighted by molar-refractivity contribution is 7.66. The average molecular weight is 1190 g/mol. The number of phosphoric acid groups is 4. The lowest BCUT2D eigenvalue weighted by atomic mass is 9.99. The maximum Gasteiger partial charge on any atom is 0.522 e. The van der Waals surface area contributed by atoms with Crippen molar-refractivity contribution in [3.8, 4) is 0 Å². The number of aliphatic hydroxyl groups excluding tert-OH is 3. The molecule has 0 spiro atoms. The number of phosphoric ester groups is 3. The number of imidazole rings is 2. The Balaban J connectivity index is 0.949. The molecule has 0 bridgehead atoms. The van der Waals surface area contributed by atoms with Crippen LogP contribution in [0.5, 0.6) is 0 Å². The number of halogens is 3. The fourth-order valence-electron chi connectivity index (χ4n) is 8.27. The standard InChI is InChI=1S/C33H43F3N12O25P4/c1-45-11-48(26-18(45)27(53)44-31(38)43-26)28-19(50)12(5-64-33(34,35)36)13(68-28)6-66-75(57,58)72-77(61,62)73-76(59,60)67-8-15-22(23(63-2)30(70-15)47-10-41-17-24(37)39-9-40-25(17)47)71-74(55,56)65-7-14-20(51)21(52)29(69-14)46-4-3-16(49)42-32(46)54/h3-4,9-15,19-23,28-30,50-52H,5-8H2,1-2H3,(H9-,37,38,39,40,42,43,44,49,53,54,55,56,57,58,59,60,61,62)/p+1/t12-,13-,14-,15-,19-,20-,21-,22-,23-,28-,29-,30-/m1/s1. The third-order valence-corrected chi connectivity index (χ3v) is 16.8. The fourth-order valence-corrected chi connectivity index (χ4v) is 12.8. The maximum absolute atomic E-state index is 13.6. The summed E-state index contributed by atoms with van der Waals surface area (Å²) in [6.45, 7) is -5.12. The number of nitrogens with two attached hydrogens (primary N) is 2. The van der Waals surface area contributed by atoms with E-state index in [9.17, 15) is 80.7 Å².